The molecule has 1 heterocycles. The number of hydrogen-bond donors (Lipinski definition) is 1. The molecule has 0 aliphatic rings. The van der Waals surface area contributed by atoms with Crippen molar-refractivity contribution in [3.63, 3.8) is 0 Å². The van der Waals surface area contributed by atoms with E-state index in [1.165, 1.54) is 6.07 Å². The average molecular weight is 311 g/mol. The number of pyridine rings is 1. The molecule has 5 heteroatoms. The Bertz CT molecular complexity index is 531. The monoisotopic (exact) mass is 310 g/mol. The van der Waals surface area contributed by atoms with Gasteiger partial charge in [0.15, 0.2) is 0 Å². The van der Waals surface area contributed by atoms with Crippen LogP contribution in [0.2, 0.25) is 0 Å². The second-order valence-electron chi connectivity index (χ2n) is 3.74. The van der Waals surface area contributed by atoms with Gasteiger partial charge in [-0.15, -0.1) is 0 Å². The van der Waals surface area contributed by atoms with Crippen LogP contribution in [0.15, 0.2) is 41.0 Å². The van der Waals surface area contributed by atoms with Crippen molar-refractivity contribution >= 4 is 15.9 Å². The quantitative estimate of drug-likeness (QED) is 0.944. The van der Waals surface area contributed by atoms with Crippen LogP contribution in [0.3, 0.4) is 0 Å². The molecule has 0 bridgehead atoms. The van der Waals surface area contributed by atoms with Crippen molar-refractivity contribution in [3.8, 4) is 5.88 Å². The van der Waals surface area contributed by atoms with E-state index in [2.05, 4.69) is 20.9 Å². The minimum atomic E-state index is -0.411. The Morgan fingerprint density at radius 3 is 2.67 bits per heavy atom. The molecular formula is C13H12BrFN2O. The summed E-state index contributed by atoms with van der Waals surface area (Å²) in [5, 5.41) is 0. The zero-order valence-corrected chi connectivity index (χ0v) is 11.2. The molecule has 0 aliphatic carbocycles. The van der Waals surface area contributed by atoms with Crippen LogP contribution in [0.5, 0.6) is 5.88 Å². The maximum absolute atomic E-state index is 13.0. The molecule has 2 N–H and O–H groups in total. The average Bonchev–Trinajstić information content (AvgIpc) is 2.39. The van der Waals surface area contributed by atoms with Crippen LogP contribution in [0, 0.1) is 5.82 Å². The SMILES string of the molecule is NCc1cc(F)cnc1OCc1ccc(Br)cc1. The van der Waals surface area contributed by atoms with Crippen molar-refractivity contribution in [1.29, 1.82) is 0 Å². The minimum absolute atomic E-state index is 0.195. The van der Waals surface area contributed by atoms with Crippen molar-refractivity contribution in [2.75, 3.05) is 0 Å². The number of nitrogens with zero attached hydrogens (tertiary/aromatic N) is 1. The molecule has 1 aromatic heterocycles. The summed E-state index contributed by atoms with van der Waals surface area (Å²) in [6.07, 6.45) is 1.12. The standard InChI is InChI=1S/C13H12BrFN2O/c14-11-3-1-9(2-4-11)8-18-13-10(6-16)5-12(15)7-17-13/h1-5,7H,6,8,16H2. The minimum Gasteiger partial charge on any atom is -0.473 e. The summed E-state index contributed by atoms with van der Waals surface area (Å²) in [6.45, 7) is 0.569. The molecule has 0 aliphatic heterocycles. The van der Waals surface area contributed by atoms with E-state index in [1.54, 1.807) is 0 Å². The Balaban J connectivity index is 2.08. The Kier molecular flexibility index (Phi) is 4.28. The lowest BCUT2D eigenvalue weighted by molar-refractivity contribution is 0.289. The van der Waals surface area contributed by atoms with Gasteiger partial charge >= 0.3 is 0 Å². The lowest BCUT2D eigenvalue weighted by atomic mass is 10.2. The van der Waals surface area contributed by atoms with E-state index < -0.39 is 5.82 Å². The van der Waals surface area contributed by atoms with Crippen molar-refractivity contribution in [3.05, 3.63) is 57.9 Å². The maximum Gasteiger partial charge on any atom is 0.218 e. The summed E-state index contributed by atoms with van der Waals surface area (Å²) in [5.41, 5.74) is 7.08. The highest BCUT2D eigenvalue weighted by atomic mass is 79.9. The summed E-state index contributed by atoms with van der Waals surface area (Å²) < 4.78 is 19.5. The Morgan fingerprint density at radius 1 is 1.28 bits per heavy atom. The van der Waals surface area contributed by atoms with E-state index in [-0.39, 0.29) is 6.54 Å². The molecule has 0 amide bonds. The van der Waals surface area contributed by atoms with Crippen LogP contribution >= 0.6 is 15.9 Å². The number of halogens is 2. The molecule has 0 saturated carbocycles. The van der Waals surface area contributed by atoms with E-state index in [9.17, 15) is 4.39 Å². The van der Waals surface area contributed by atoms with Crippen molar-refractivity contribution in [2.24, 2.45) is 5.73 Å². The highest BCUT2D eigenvalue weighted by Gasteiger charge is 2.06. The van der Waals surface area contributed by atoms with Gasteiger partial charge in [0.25, 0.3) is 0 Å². The molecule has 0 fully saturated rings. The second kappa shape index (κ2) is 5.93. The smallest absolute Gasteiger partial charge is 0.218 e. The fourth-order valence-corrected chi connectivity index (χ4v) is 1.74. The summed E-state index contributed by atoms with van der Waals surface area (Å²) in [6, 6.07) is 9.08. The third-order valence-electron chi connectivity index (χ3n) is 2.40. The normalized spacial score (nSPS) is 10.4. The van der Waals surface area contributed by atoms with Crippen molar-refractivity contribution in [1.82, 2.24) is 4.98 Å². The number of benzene rings is 1. The summed E-state index contributed by atoms with van der Waals surface area (Å²) in [7, 11) is 0. The van der Waals surface area contributed by atoms with Gasteiger partial charge in [0.2, 0.25) is 5.88 Å². The first kappa shape index (κ1) is 13.0. The first-order chi connectivity index (χ1) is 8.69. The molecule has 94 valence electrons. The third-order valence-corrected chi connectivity index (χ3v) is 2.93. The zero-order valence-electron chi connectivity index (χ0n) is 9.57. The Labute approximate surface area is 113 Å². The van der Waals surface area contributed by atoms with Crippen molar-refractivity contribution in [2.45, 2.75) is 13.2 Å². The van der Waals surface area contributed by atoms with E-state index in [4.69, 9.17) is 10.5 Å². The van der Waals surface area contributed by atoms with Crippen LogP contribution in [0.25, 0.3) is 0 Å². The molecule has 2 rings (SSSR count). The topological polar surface area (TPSA) is 48.1 Å². The Morgan fingerprint density at radius 2 is 2.00 bits per heavy atom. The first-order valence-corrected chi connectivity index (χ1v) is 6.20. The van der Waals surface area contributed by atoms with Gasteiger partial charge < -0.3 is 10.5 Å². The molecule has 0 atom stereocenters. The largest absolute Gasteiger partial charge is 0.473 e. The van der Waals surface area contributed by atoms with E-state index >= 15 is 0 Å². The van der Waals surface area contributed by atoms with Crippen molar-refractivity contribution < 1.29 is 9.13 Å². The Hall–Kier alpha value is -1.46. The number of hydrogen-bond acceptors (Lipinski definition) is 3. The highest BCUT2D eigenvalue weighted by molar-refractivity contribution is 9.10. The molecular weight excluding hydrogens is 299 g/mol. The summed E-state index contributed by atoms with van der Waals surface area (Å²) in [4.78, 5) is 3.90. The molecule has 18 heavy (non-hydrogen) atoms. The van der Waals surface area contributed by atoms with Crippen LogP contribution < -0.4 is 10.5 Å². The van der Waals surface area contributed by atoms with Gasteiger partial charge in [-0.1, -0.05) is 28.1 Å². The maximum atomic E-state index is 13.0. The summed E-state index contributed by atoms with van der Waals surface area (Å²) >= 11 is 3.36. The van der Waals surface area contributed by atoms with Gasteiger partial charge in [0.05, 0.1) is 6.20 Å². The zero-order chi connectivity index (χ0) is 13.0. The van der Waals surface area contributed by atoms with Gasteiger partial charge in [-0.25, -0.2) is 9.37 Å². The fourth-order valence-electron chi connectivity index (χ4n) is 1.48. The van der Waals surface area contributed by atoms with Crippen LogP contribution in [0.4, 0.5) is 4.39 Å². The van der Waals surface area contributed by atoms with Crippen LogP contribution in [0.1, 0.15) is 11.1 Å². The van der Waals surface area contributed by atoms with E-state index in [1.807, 2.05) is 24.3 Å². The summed E-state index contributed by atoms with van der Waals surface area (Å²) in [5.74, 6) is -0.0340. The number of aromatic nitrogens is 1. The lowest BCUT2D eigenvalue weighted by Gasteiger charge is -2.09. The molecule has 2 aromatic rings. The van der Waals surface area contributed by atoms with E-state index in [0.29, 0.717) is 18.1 Å². The van der Waals surface area contributed by atoms with Gasteiger partial charge in [-0.3, -0.25) is 0 Å². The third kappa shape index (κ3) is 3.27. The van der Waals surface area contributed by atoms with Gasteiger partial charge in [-0.2, -0.15) is 0 Å². The second-order valence-corrected chi connectivity index (χ2v) is 4.65. The highest BCUT2D eigenvalue weighted by Crippen LogP contribution is 2.18. The molecule has 0 unspecified atom stereocenters. The molecule has 0 spiro atoms. The fraction of sp³-hybridized carbons (Fsp3) is 0.154. The number of ether oxygens (including phenoxy) is 1. The lowest BCUT2D eigenvalue weighted by Crippen LogP contribution is -2.05. The molecule has 1 aromatic carbocycles. The molecule has 3 nitrogen and oxygen atoms in total. The van der Waals surface area contributed by atoms with Crippen LogP contribution in [-0.2, 0) is 13.2 Å². The molecule has 0 radical (unpaired) electrons. The number of nitrogens with two attached hydrogens (primary N) is 1. The van der Waals surface area contributed by atoms with E-state index in [0.717, 1.165) is 16.2 Å². The predicted octanol–water partition coefficient (Wildman–Crippen LogP) is 3.02. The first-order valence-electron chi connectivity index (χ1n) is 5.41. The molecule has 0 saturated heterocycles. The van der Waals surface area contributed by atoms with Gasteiger partial charge in [0, 0.05) is 16.6 Å². The van der Waals surface area contributed by atoms with Crippen LogP contribution in [-0.4, -0.2) is 4.98 Å². The number of rotatable bonds is 4. The predicted molar refractivity (Wildman–Crippen MR) is 70.6 cm³/mol. The van der Waals surface area contributed by atoms with Gasteiger partial charge in [-0.05, 0) is 23.8 Å². The van der Waals surface area contributed by atoms with Gasteiger partial charge in [0.1, 0.15) is 12.4 Å².